The van der Waals surface area contributed by atoms with Gasteiger partial charge in [-0.2, -0.15) is 4.31 Å². The number of carbonyl (C=O) groups excluding carboxylic acids is 1. The highest BCUT2D eigenvalue weighted by atomic mass is 79.9. The maximum absolute atomic E-state index is 14.1. The van der Waals surface area contributed by atoms with Gasteiger partial charge >= 0.3 is 0 Å². The first-order valence-corrected chi connectivity index (χ1v) is 11.9. The third kappa shape index (κ3) is 5.86. The van der Waals surface area contributed by atoms with Crippen LogP contribution in [0, 0.1) is 5.82 Å². The molecule has 6 nitrogen and oxygen atoms in total. The lowest BCUT2D eigenvalue weighted by molar-refractivity contribution is -0.116. The second-order valence-electron chi connectivity index (χ2n) is 6.73. The third-order valence-corrected chi connectivity index (χ3v) is 7.06. The molecule has 0 spiro atoms. The molecule has 3 rings (SSSR count). The molecule has 0 aliphatic rings. The van der Waals surface area contributed by atoms with Crippen LogP contribution in [0.2, 0.25) is 5.02 Å². The molecule has 0 atom stereocenters. The fourth-order valence-corrected chi connectivity index (χ4v) is 4.98. The average Bonchev–Trinajstić information content (AvgIpc) is 2.76. The standard InChI is InChI=1S/C22H19BrClFN2O4S/c1-31-21-10-8-17(12-18(21)24)32(29,30)27(13-15-5-3-2-4-6-15)14-22(28)26-20-9-7-16(23)11-19(20)25/h2-12H,13-14H2,1H3,(H,26,28). The van der Waals surface area contributed by atoms with Crippen molar-refractivity contribution >= 4 is 49.1 Å². The maximum atomic E-state index is 14.1. The summed E-state index contributed by atoms with van der Waals surface area (Å²) in [5, 5.41) is 2.54. The van der Waals surface area contributed by atoms with E-state index in [9.17, 15) is 17.6 Å². The molecule has 3 aromatic carbocycles. The van der Waals surface area contributed by atoms with Gasteiger partial charge in [-0.25, -0.2) is 12.8 Å². The van der Waals surface area contributed by atoms with Gasteiger partial charge < -0.3 is 10.1 Å². The summed E-state index contributed by atoms with van der Waals surface area (Å²) in [6.45, 7) is -0.598. The Hall–Kier alpha value is -2.46. The minimum atomic E-state index is -4.12. The molecule has 168 valence electrons. The monoisotopic (exact) mass is 540 g/mol. The largest absolute Gasteiger partial charge is 0.495 e. The van der Waals surface area contributed by atoms with Gasteiger partial charge in [-0.05, 0) is 42.0 Å². The zero-order valence-electron chi connectivity index (χ0n) is 16.9. The van der Waals surface area contributed by atoms with Crippen LogP contribution in [-0.4, -0.2) is 32.3 Å². The molecule has 0 unspecified atom stereocenters. The van der Waals surface area contributed by atoms with Gasteiger partial charge in [0.05, 0.1) is 29.3 Å². The predicted molar refractivity (Wildman–Crippen MR) is 125 cm³/mol. The van der Waals surface area contributed by atoms with Crippen molar-refractivity contribution < 1.29 is 22.3 Å². The number of nitrogens with one attached hydrogen (secondary N) is 1. The summed E-state index contributed by atoms with van der Waals surface area (Å²) in [6.07, 6.45) is 0. The van der Waals surface area contributed by atoms with E-state index < -0.39 is 28.3 Å². The van der Waals surface area contributed by atoms with Crippen LogP contribution in [0.3, 0.4) is 0 Å². The number of rotatable bonds is 8. The first-order valence-electron chi connectivity index (χ1n) is 9.33. The van der Waals surface area contributed by atoms with Crippen LogP contribution < -0.4 is 10.1 Å². The van der Waals surface area contributed by atoms with Gasteiger partial charge in [0.2, 0.25) is 15.9 Å². The van der Waals surface area contributed by atoms with E-state index in [2.05, 4.69) is 21.2 Å². The molecule has 3 aromatic rings. The smallest absolute Gasteiger partial charge is 0.243 e. The van der Waals surface area contributed by atoms with E-state index in [4.69, 9.17) is 16.3 Å². The Kier molecular flexibility index (Phi) is 7.89. The molecule has 1 amide bonds. The molecule has 1 N–H and O–H groups in total. The zero-order chi connectivity index (χ0) is 23.3. The average molecular weight is 542 g/mol. The highest BCUT2D eigenvalue weighted by Gasteiger charge is 2.28. The highest BCUT2D eigenvalue weighted by Crippen LogP contribution is 2.29. The third-order valence-electron chi connectivity index (χ3n) is 4.49. The predicted octanol–water partition coefficient (Wildman–Crippen LogP) is 5.08. The normalized spacial score (nSPS) is 11.4. The number of benzene rings is 3. The summed E-state index contributed by atoms with van der Waals surface area (Å²) in [7, 11) is -2.70. The van der Waals surface area contributed by atoms with Gasteiger partial charge in [0.1, 0.15) is 11.6 Å². The van der Waals surface area contributed by atoms with Crippen LogP contribution in [0.25, 0.3) is 0 Å². The highest BCUT2D eigenvalue weighted by molar-refractivity contribution is 9.10. The molecule has 0 saturated carbocycles. The number of nitrogens with zero attached hydrogens (tertiary/aromatic N) is 1. The minimum Gasteiger partial charge on any atom is -0.495 e. The van der Waals surface area contributed by atoms with Gasteiger partial charge in [0.15, 0.2) is 0 Å². The topological polar surface area (TPSA) is 75.7 Å². The Balaban J connectivity index is 1.90. The molecule has 0 aliphatic heterocycles. The number of hydrogen-bond acceptors (Lipinski definition) is 4. The fourth-order valence-electron chi connectivity index (χ4n) is 2.91. The van der Waals surface area contributed by atoms with Gasteiger partial charge in [-0.15, -0.1) is 0 Å². The van der Waals surface area contributed by atoms with E-state index >= 15 is 0 Å². The lowest BCUT2D eigenvalue weighted by atomic mass is 10.2. The number of halogens is 3. The first-order chi connectivity index (χ1) is 15.2. The van der Waals surface area contributed by atoms with Crippen LogP contribution in [0.15, 0.2) is 76.1 Å². The molecular weight excluding hydrogens is 523 g/mol. The second kappa shape index (κ2) is 10.4. The number of anilines is 1. The molecule has 0 fully saturated rings. The van der Waals surface area contributed by atoms with Crippen molar-refractivity contribution in [3.8, 4) is 5.75 Å². The number of carbonyl (C=O) groups is 1. The van der Waals surface area contributed by atoms with Crippen LogP contribution in [0.1, 0.15) is 5.56 Å². The van der Waals surface area contributed by atoms with Gasteiger partial charge in [-0.3, -0.25) is 4.79 Å². The van der Waals surface area contributed by atoms with Crippen molar-refractivity contribution in [1.82, 2.24) is 4.31 Å². The number of sulfonamides is 1. The van der Waals surface area contributed by atoms with Gasteiger partial charge in [0.25, 0.3) is 0 Å². The van der Waals surface area contributed by atoms with E-state index in [0.29, 0.717) is 15.8 Å². The van der Waals surface area contributed by atoms with E-state index in [1.807, 2.05) is 0 Å². The quantitative estimate of drug-likeness (QED) is 0.432. The molecule has 0 radical (unpaired) electrons. The van der Waals surface area contributed by atoms with Crippen molar-refractivity contribution in [3.05, 3.63) is 87.6 Å². The summed E-state index contributed by atoms with van der Waals surface area (Å²) in [6, 6.07) is 17.0. The minimum absolute atomic E-state index is 0.0530. The second-order valence-corrected chi connectivity index (χ2v) is 9.99. The van der Waals surface area contributed by atoms with Crippen LogP contribution in [-0.2, 0) is 21.4 Å². The summed E-state index contributed by atoms with van der Waals surface area (Å²) in [5.41, 5.74) is 0.626. The molecular formula is C22H19BrClFN2O4S. The van der Waals surface area contributed by atoms with Gasteiger partial charge in [0, 0.05) is 11.0 Å². The van der Waals surface area contributed by atoms with E-state index in [1.54, 1.807) is 36.4 Å². The maximum Gasteiger partial charge on any atom is 0.243 e. The summed E-state index contributed by atoms with van der Waals surface area (Å²) >= 11 is 9.26. The van der Waals surface area contributed by atoms with Crippen molar-refractivity contribution in [2.45, 2.75) is 11.4 Å². The van der Waals surface area contributed by atoms with Crippen LogP contribution >= 0.6 is 27.5 Å². The number of methoxy groups -OCH3 is 1. The molecule has 32 heavy (non-hydrogen) atoms. The fraction of sp³-hybridized carbons (Fsp3) is 0.136. The SMILES string of the molecule is COc1ccc(S(=O)(=O)N(CC(=O)Nc2ccc(Br)cc2F)Cc2ccccc2)cc1Cl. The Bertz CT molecular complexity index is 1230. The van der Waals surface area contributed by atoms with E-state index in [1.165, 1.54) is 37.4 Å². The first kappa shape index (κ1) is 24.2. The van der Waals surface area contributed by atoms with Gasteiger partial charge in [-0.1, -0.05) is 57.9 Å². The van der Waals surface area contributed by atoms with E-state index in [-0.39, 0.29) is 22.2 Å². The summed E-state index contributed by atoms with van der Waals surface area (Å²) < 4.78 is 47.4. The number of amides is 1. The Labute approximate surface area is 199 Å². The molecule has 0 aliphatic carbocycles. The van der Waals surface area contributed by atoms with Crippen molar-refractivity contribution in [2.24, 2.45) is 0 Å². The lowest BCUT2D eigenvalue weighted by Crippen LogP contribution is -2.37. The Morgan fingerprint density at radius 1 is 1.12 bits per heavy atom. The zero-order valence-corrected chi connectivity index (χ0v) is 20.0. The number of ether oxygens (including phenoxy) is 1. The Morgan fingerprint density at radius 3 is 2.47 bits per heavy atom. The van der Waals surface area contributed by atoms with E-state index in [0.717, 1.165) is 4.31 Å². The number of hydrogen-bond donors (Lipinski definition) is 1. The van der Waals surface area contributed by atoms with Crippen molar-refractivity contribution in [1.29, 1.82) is 0 Å². The van der Waals surface area contributed by atoms with Crippen molar-refractivity contribution in [2.75, 3.05) is 19.0 Å². The molecule has 0 saturated heterocycles. The lowest BCUT2D eigenvalue weighted by Gasteiger charge is -2.22. The molecule has 0 bridgehead atoms. The Morgan fingerprint density at radius 2 is 1.84 bits per heavy atom. The van der Waals surface area contributed by atoms with Crippen molar-refractivity contribution in [3.63, 3.8) is 0 Å². The van der Waals surface area contributed by atoms with Crippen LogP contribution in [0.4, 0.5) is 10.1 Å². The summed E-state index contributed by atoms with van der Waals surface area (Å²) in [5.74, 6) is -1.01. The summed E-state index contributed by atoms with van der Waals surface area (Å²) in [4.78, 5) is 12.6. The molecule has 0 heterocycles. The van der Waals surface area contributed by atoms with Crippen LogP contribution in [0.5, 0.6) is 5.75 Å². The molecule has 10 heteroatoms. The molecule has 0 aromatic heterocycles.